The Balaban J connectivity index is 3.41. The Labute approximate surface area is 223 Å². The Morgan fingerprint density at radius 2 is 0.722 bits per heavy atom. The molecule has 0 saturated carbocycles. The summed E-state index contributed by atoms with van der Waals surface area (Å²) >= 11 is 0. The lowest BCUT2D eigenvalue weighted by Gasteiger charge is -2.12. The Morgan fingerprint density at radius 1 is 0.472 bits per heavy atom. The summed E-state index contributed by atoms with van der Waals surface area (Å²) < 4.78 is 10.2. The van der Waals surface area contributed by atoms with Crippen molar-refractivity contribution in [3.8, 4) is 0 Å². The van der Waals surface area contributed by atoms with Crippen molar-refractivity contribution in [2.24, 2.45) is 0 Å². The van der Waals surface area contributed by atoms with E-state index in [1.54, 1.807) is 0 Å². The second-order valence-corrected chi connectivity index (χ2v) is 10.6. The average molecular weight is 513 g/mol. The van der Waals surface area contributed by atoms with Gasteiger partial charge in [-0.05, 0) is 12.8 Å². The molecule has 0 amide bonds. The van der Waals surface area contributed by atoms with Gasteiger partial charge in [-0.2, -0.15) is 0 Å². The zero-order valence-electron chi connectivity index (χ0n) is 24.0. The second-order valence-electron chi connectivity index (χ2n) is 10.6. The van der Waals surface area contributed by atoms with Crippen LogP contribution in [-0.4, -0.2) is 36.4 Å². The molecular weight excluding hydrogens is 452 g/mol. The SMILES string of the molecule is CCCCCCCCCCCCCCCC(=O)OCC(O)COC(=O)CCCCCCCCCCC. The minimum absolute atomic E-state index is 0.109. The van der Waals surface area contributed by atoms with Gasteiger partial charge in [-0.3, -0.25) is 9.59 Å². The van der Waals surface area contributed by atoms with E-state index in [1.165, 1.54) is 109 Å². The zero-order valence-corrected chi connectivity index (χ0v) is 24.0. The molecule has 0 fully saturated rings. The number of carbonyl (C=O) groups is 2. The summed E-state index contributed by atoms with van der Waals surface area (Å²) in [6.07, 6.45) is 27.2. The van der Waals surface area contributed by atoms with Crippen molar-refractivity contribution in [3.63, 3.8) is 0 Å². The van der Waals surface area contributed by atoms with E-state index in [1.807, 2.05) is 0 Å². The monoisotopic (exact) mass is 512 g/mol. The first-order chi connectivity index (χ1) is 17.6. The molecule has 0 aliphatic carbocycles. The van der Waals surface area contributed by atoms with Crippen molar-refractivity contribution >= 4 is 11.9 Å². The molecule has 0 aliphatic heterocycles. The molecule has 0 rings (SSSR count). The maximum absolute atomic E-state index is 11.8. The molecule has 0 aliphatic rings. The summed E-state index contributed by atoms with van der Waals surface area (Å²) in [5, 5.41) is 9.91. The van der Waals surface area contributed by atoms with Crippen molar-refractivity contribution in [2.75, 3.05) is 13.2 Å². The van der Waals surface area contributed by atoms with E-state index >= 15 is 0 Å². The maximum atomic E-state index is 11.8. The van der Waals surface area contributed by atoms with Crippen LogP contribution >= 0.6 is 0 Å². The lowest BCUT2D eigenvalue weighted by Crippen LogP contribution is -2.25. The van der Waals surface area contributed by atoms with Crippen LogP contribution in [0, 0.1) is 0 Å². The molecular formula is C31H60O5. The summed E-state index contributed by atoms with van der Waals surface area (Å²) in [6, 6.07) is 0. The van der Waals surface area contributed by atoms with Gasteiger partial charge in [0.2, 0.25) is 0 Å². The Bertz CT molecular complexity index is 480. The van der Waals surface area contributed by atoms with Crippen molar-refractivity contribution < 1.29 is 24.2 Å². The van der Waals surface area contributed by atoms with Crippen LogP contribution in [0.5, 0.6) is 0 Å². The molecule has 0 bridgehead atoms. The predicted octanol–water partition coefficient (Wildman–Crippen LogP) is 8.84. The first-order valence-electron chi connectivity index (χ1n) is 15.6. The van der Waals surface area contributed by atoms with Crippen LogP contribution in [0.2, 0.25) is 0 Å². The van der Waals surface area contributed by atoms with Gasteiger partial charge in [0.25, 0.3) is 0 Å². The van der Waals surface area contributed by atoms with Crippen LogP contribution in [0.4, 0.5) is 0 Å². The molecule has 0 radical (unpaired) electrons. The van der Waals surface area contributed by atoms with Crippen LogP contribution < -0.4 is 0 Å². The lowest BCUT2D eigenvalue weighted by atomic mass is 10.0. The highest BCUT2D eigenvalue weighted by molar-refractivity contribution is 5.69. The van der Waals surface area contributed by atoms with Gasteiger partial charge in [0.05, 0.1) is 0 Å². The molecule has 0 aromatic carbocycles. The third-order valence-electron chi connectivity index (χ3n) is 6.84. The molecule has 0 heterocycles. The third-order valence-corrected chi connectivity index (χ3v) is 6.84. The van der Waals surface area contributed by atoms with Gasteiger partial charge in [0, 0.05) is 12.8 Å². The number of carbonyl (C=O) groups excluding carboxylic acids is 2. The van der Waals surface area contributed by atoms with Gasteiger partial charge in [0.15, 0.2) is 0 Å². The van der Waals surface area contributed by atoms with Crippen molar-refractivity contribution in [1.29, 1.82) is 0 Å². The zero-order chi connectivity index (χ0) is 26.5. The highest BCUT2D eigenvalue weighted by Gasteiger charge is 2.12. The summed E-state index contributed by atoms with van der Waals surface area (Å²) in [4.78, 5) is 23.6. The normalized spacial score (nSPS) is 12.0. The fourth-order valence-electron chi connectivity index (χ4n) is 4.44. The van der Waals surface area contributed by atoms with Crippen molar-refractivity contribution in [1.82, 2.24) is 0 Å². The van der Waals surface area contributed by atoms with Crippen LogP contribution in [0.25, 0.3) is 0 Å². The highest BCUT2D eigenvalue weighted by Crippen LogP contribution is 2.13. The van der Waals surface area contributed by atoms with E-state index in [4.69, 9.17) is 9.47 Å². The van der Waals surface area contributed by atoms with Gasteiger partial charge in [-0.25, -0.2) is 0 Å². The molecule has 1 N–H and O–H groups in total. The number of aliphatic hydroxyl groups is 1. The quantitative estimate of drug-likeness (QED) is 0.0837. The summed E-state index contributed by atoms with van der Waals surface area (Å²) in [5.41, 5.74) is 0. The van der Waals surface area contributed by atoms with Crippen LogP contribution in [0.1, 0.15) is 168 Å². The Hall–Kier alpha value is -1.10. The third kappa shape index (κ3) is 27.5. The maximum Gasteiger partial charge on any atom is 0.305 e. The lowest BCUT2D eigenvalue weighted by molar-refractivity contribution is -0.152. The topological polar surface area (TPSA) is 72.8 Å². The summed E-state index contributed by atoms with van der Waals surface area (Å²) in [5.74, 6) is -0.562. The predicted molar refractivity (Wildman–Crippen MR) is 150 cm³/mol. The Kier molecular flexibility index (Phi) is 27.6. The standard InChI is InChI=1S/C31H60O5/c1-3-5-7-9-11-13-14-15-16-18-20-22-24-26-31(34)36-28-29(32)27-35-30(33)25-23-21-19-17-12-10-8-6-4-2/h29,32H,3-28H2,1-2H3. The van der Waals surface area contributed by atoms with E-state index in [-0.39, 0.29) is 25.2 Å². The molecule has 5 nitrogen and oxygen atoms in total. The number of unbranched alkanes of at least 4 members (excludes halogenated alkanes) is 20. The first-order valence-corrected chi connectivity index (χ1v) is 15.6. The molecule has 0 aromatic heterocycles. The largest absolute Gasteiger partial charge is 0.463 e. The summed E-state index contributed by atoms with van der Waals surface area (Å²) in [6.45, 7) is 4.27. The minimum Gasteiger partial charge on any atom is -0.463 e. The van der Waals surface area contributed by atoms with Gasteiger partial charge in [-0.1, -0.05) is 142 Å². The molecule has 0 aromatic rings. The highest BCUT2D eigenvalue weighted by atomic mass is 16.6. The van der Waals surface area contributed by atoms with E-state index < -0.39 is 6.10 Å². The molecule has 36 heavy (non-hydrogen) atoms. The Morgan fingerprint density at radius 3 is 1.00 bits per heavy atom. The molecule has 214 valence electrons. The van der Waals surface area contributed by atoms with E-state index in [2.05, 4.69) is 13.8 Å². The van der Waals surface area contributed by atoms with E-state index in [0.29, 0.717) is 12.8 Å². The number of rotatable bonds is 28. The fraction of sp³-hybridized carbons (Fsp3) is 0.935. The molecule has 5 heteroatoms. The second kappa shape index (κ2) is 28.5. The van der Waals surface area contributed by atoms with E-state index in [0.717, 1.165) is 32.1 Å². The minimum atomic E-state index is -0.951. The number of hydrogen-bond acceptors (Lipinski definition) is 5. The number of esters is 2. The van der Waals surface area contributed by atoms with Crippen LogP contribution in [-0.2, 0) is 19.1 Å². The van der Waals surface area contributed by atoms with Gasteiger partial charge in [0.1, 0.15) is 19.3 Å². The average Bonchev–Trinajstić information content (AvgIpc) is 2.88. The number of ether oxygens (including phenoxy) is 2. The van der Waals surface area contributed by atoms with Gasteiger partial charge >= 0.3 is 11.9 Å². The van der Waals surface area contributed by atoms with Crippen LogP contribution in [0.15, 0.2) is 0 Å². The van der Waals surface area contributed by atoms with E-state index in [9.17, 15) is 14.7 Å². The first kappa shape index (κ1) is 34.9. The van der Waals surface area contributed by atoms with Gasteiger partial charge in [-0.15, -0.1) is 0 Å². The smallest absolute Gasteiger partial charge is 0.305 e. The molecule has 0 spiro atoms. The molecule has 0 saturated heterocycles. The number of hydrogen-bond donors (Lipinski definition) is 1. The van der Waals surface area contributed by atoms with Crippen molar-refractivity contribution in [3.05, 3.63) is 0 Å². The molecule has 1 unspecified atom stereocenters. The van der Waals surface area contributed by atoms with Crippen LogP contribution in [0.3, 0.4) is 0 Å². The number of aliphatic hydroxyl groups excluding tert-OH is 1. The van der Waals surface area contributed by atoms with Gasteiger partial charge < -0.3 is 14.6 Å². The van der Waals surface area contributed by atoms with Crippen molar-refractivity contribution in [2.45, 2.75) is 174 Å². The fourth-order valence-corrected chi connectivity index (χ4v) is 4.44. The molecule has 1 atom stereocenters. The summed E-state index contributed by atoms with van der Waals surface area (Å²) in [7, 11) is 0.